The lowest BCUT2D eigenvalue weighted by Crippen LogP contribution is -2.51. The Bertz CT molecular complexity index is 534. The van der Waals surface area contributed by atoms with E-state index >= 15 is 0 Å². The van der Waals surface area contributed by atoms with Crippen molar-refractivity contribution in [2.24, 2.45) is 5.92 Å². The molecule has 7 heteroatoms. The maximum atomic E-state index is 12.7. The Labute approximate surface area is 150 Å². The molecule has 2 atom stereocenters. The lowest BCUT2D eigenvalue weighted by Gasteiger charge is -2.36. The number of amides is 2. The molecule has 25 heavy (non-hydrogen) atoms. The van der Waals surface area contributed by atoms with E-state index in [0.717, 1.165) is 57.9 Å². The number of H-pyrrole nitrogens is 1. The molecule has 2 amide bonds. The number of hydrogen-bond acceptors (Lipinski definition) is 4. The smallest absolute Gasteiger partial charge is 0.318 e. The summed E-state index contributed by atoms with van der Waals surface area (Å²) in [4.78, 5) is 24.6. The molecule has 0 aromatic carbocycles. The number of carbonyl (C=O) groups is 1. The highest BCUT2D eigenvalue weighted by atomic mass is 16.5. The molecule has 2 aliphatic heterocycles. The average molecular weight is 349 g/mol. The minimum atomic E-state index is -0.00863. The van der Waals surface area contributed by atoms with E-state index in [4.69, 9.17) is 4.74 Å². The van der Waals surface area contributed by atoms with Gasteiger partial charge in [-0.05, 0) is 25.2 Å². The topological polar surface area (TPSA) is 73.5 Å². The van der Waals surface area contributed by atoms with Crippen LogP contribution < -0.4 is 5.32 Å². The van der Waals surface area contributed by atoms with E-state index in [9.17, 15) is 4.79 Å². The van der Waals surface area contributed by atoms with Gasteiger partial charge in [0.15, 0.2) is 0 Å². The summed E-state index contributed by atoms with van der Waals surface area (Å²) < 4.78 is 5.83. The van der Waals surface area contributed by atoms with Crippen LogP contribution in [0, 0.1) is 5.92 Å². The van der Waals surface area contributed by atoms with Gasteiger partial charge in [0.2, 0.25) is 0 Å². The number of likely N-dealkylation sites (tertiary alicyclic amines) is 1. The molecule has 2 N–H and O–H groups in total. The highest BCUT2D eigenvalue weighted by Crippen LogP contribution is 2.28. The number of carbonyl (C=O) groups excluding carboxylic acids is 1. The summed E-state index contributed by atoms with van der Waals surface area (Å²) in [7, 11) is 0. The second kappa shape index (κ2) is 8.67. The minimum absolute atomic E-state index is 0.00863. The predicted molar refractivity (Wildman–Crippen MR) is 96.3 cm³/mol. The fourth-order valence-corrected chi connectivity index (χ4v) is 3.81. The number of ether oxygens (including phenoxy) is 1. The zero-order valence-electron chi connectivity index (χ0n) is 15.4. The number of morpholine rings is 1. The Morgan fingerprint density at radius 1 is 1.44 bits per heavy atom. The van der Waals surface area contributed by atoms with Gasteiger partial charge in [0.25, 0.3) is 0 Å². The molecule has 0 radical (unpaired) electrons. The standard InChI is InChI=1S/C18H31N5O2/c1-14(2)12-22-9-10-25-15(13-22)11-21-18(24)23-8-4-3-5-16(23)17-19-6-7-20-17/h6-7,14-16H,3-5,8-13H2,1-2H3,(H,19,20)(H,21,24)/t15-,16+/m1/s1. The molecule has 0 spiro atoms. The van der Waals surface area contributed by atoms with E-state index in [2.05, 4.69) is 34.0 Å². The number of urea groups is 1. The SMILES string of the molecule is CC(C)CN1CCO[C@H](CNC(=O)N2CCCC[C@H]2c2ncc[nH]2)C1. The number of nitrogens with zero attached hydrogens (tertiary/aromatic N) is 3. The Morgan fingerprint density at radius 2 is 2.32 bits per heavy atom. The van der Waals surface area contributed by atoms with Gasteiger partial charge >= 0.3 is 6.03 Å². The number of piperidine rings is 1. The highest BCUT2D eigenvalue weighted by molar-refractivity contribution is 5.74. The molecule has 0 aliphatic carbocycles. The maximum absolute atomic E-state index is 12.7. The van der Waals surface area contributed by atoms with Crippen LogP contribution in [0.2, 0.25) is 0 Å². The van der Waals surface area contributed by atoms with Gasteiger partial charge in [-0.2, -0.15) is 0 Å². The van der Waals surface area contributed by atoms with Gasteiger partial charge in [-0.15, -0.1) is 0 Å². The first-order valence-corrected chi connectivity index (χ1v) is 9.51. The van der Waals surface area contributed by atoms with Gasteiger partial charge in [0, 0.05) is 45.1 Å². The largest absolute Gasteiger partial charge is 0.374 e. The average Bonchev–Trinajstić information content (AvgIpc) is 3.14. The number of nitrogens with one attached hydrogen (secondary N) is 2. The fourth-order valence-electron chi connectivity index (χ4n) is 3.81. The molecule has 7 nitrogen and oxygen atoms in total. The van der Waals surface area contributed by atoms with Gasteiger partial charge in [-0.1, -0.05) is 13.8 Å². The fraction of sp³-hybridized carbons (Fsp3) is 0.778. The molecular weight excluding hydrogens is 318 g/mol. The lowest BCUT2D eigenvalue weighted by molar-refractivity contribution is -0.0296. The van der Waals surface area contributed by atoms with Crippen molar-refractivity contribution in [2.45, 2.75) is 45.3 Å². The Balaban J connectivity index is 1.51. The molecule has 3 rings (SSSR count). The second-order valence-electron chi connectivity index (χ2n) is 7.51. The van der Waals surface area contributed by atoms with E-state index in [1.54, 1.807) is 6.20 Å². The third-order valence-corrected chi connectivity index (χ3v) is 4.93. The van der Waals surface area contributed by atoms with E-state index in [-0.39, 0.29) is 18.2 Å². The van der Waals surface area contributed by atoms with Crippen molar-refractivity contribution in [1.29, 1.82) is 0 Å². The molecule has 0 bridgehead atoms. The van der Waals surface area contributed by atoms with Crippen LogP contribution in [0.3, 0.4) is 0 Å². The Kier molecular flexibility index (Phi) is 6.31. The summed E-state index contributed by atoms with van der Waals surface area (Å²) in [6.45, 7) is 9.51. The number of aromatic amines is 1. The molecule has 140 valence electrons. The molecule has 2 aliphatic rings. The summed E-state index contributed by atoms with van der Waals surface area (Å²) in [6, 6.07) is 0.0409. The van der Waals surface area contributed by atoms with Crippen LogP contribution in [0.4, 0.5) is 4.79 Å². The van der Waals surface area contributed by atoms with Crippen molar-refractivity contribution in [1.82, 2.24) is 25.1 Å². The third-order valence-electron chi connectivity index (χ3n) is 4.93. The van der Waals surface area contributed by atoms with Crippen LogP contribution in [0.5, 0.6) is 0 Å². The normalized spacial score (nSPS) is 25.3. The van der Waals surface area contributed by atoms with Crippen molar-refractivity contribution in [3.8, 4) is 0 Å². The van der Waals surface area contributed by atoms with Gasteiger partial charge in [-0.3, -0.25) is 4.90 Å². The first-order chi connectivity index (χ1) is 12.1. The quantitative estimate of drug-likeness (QED) is 0.853. The maximum Gasteiger partial charge on any atom is 0.318 e. The third kappa shape index (κ3) is 4.95. The van der Waals surface area contributed by atoms with Crippen molar-refractivity contribution in [3.63, 3.8) is 0 Å². The number of aromatic nitrogens is 2. The molecule has 3 heterocycles. The van der Waals surface area contributed by atoms with E-state index in [0.29, 0.717) is 12.5 Å². The second-order valence-corrected chi connectivity index (χ2v) is 7.51. The van der Waals surface area contributed by atoms with Crippen LogP contribution in [-0.2, 0) is 4.74 Å². The first kappa shape index (κ1) is 18.2. The van der Waals surface area contributed by atoms with Crippen molar-refractivity contribution in [3.05, 3.63) is 18.2 Å². The van der Waals surface area contributed by atoms with Crippen LogP contribution in [-0.4, -0.2) is 71.2 Å². The Hall–Kier alpha value is -1.60. The van der Waals surface area contributed by atoms with Crippen molar-refractivity contribution >= 4 is 6.03 Å². The summed E-state index contributed by atoms with van der Waals surface area (Å²) in [5.41, 5.74) is 0. The minimum Gasteiger partial charge on any atom is -0.374 e. The zero-order chi connectivity index (χ0) is 17.6. The summed E-state index contributed by atoms with van der Waals surface area (Å²) >= 11 is 0. The first-order valence-electron chi connectivity index (χ1n) is 9.51. The van der Waals surface area contributed by atoms with Gasteiger partial charge < -0.3 is 19.9 Å². The van der Waals surface area contributed by atoms with E-state index < -0.39 is 0 Å². The van der Waals surface area contributed by atoms with Crippen LogP contribution in [0.1, 0.15) is 45.0 Å². The summed E-state index contributed by atoms with van der Waals surface area (Å²) in [5.74, 6) is 1.53. The van der Waals surface area contributed by atoms with Gasteiger partial charge in [-0.25, -0.2) is 9.78 Å². The molecule has 1 aromatic rings. The molecule has 2 fully saturated rings. The van der Waals surface area contributed by atoms with E-state index in [1.165, 1.54) is 0 Å². The van der Waals surface area contributed by atoms with Crippen molar-refractivity contribution < 1.29 is 9.53 Å². The molecule has 0 saturated carbocycles. The summed E-state index contributed by atoms with van der Waals surface area (Å²) in [6.07, 6.45) is 6.78. The monoisotopic (exact) mass is 349 g/mol. The van der Waals surface area contributed by atoms with E-state index in [1.807, 2.05) is 11.1 Å². The van der Waals surface area contributed by atoms with Gasteiger partial charge in [0.05, 0.1) is 18.8 Å². The van der Waals surface area contributed by atoms with Crippen LogP contribution >= 0.6 is 0 Å². The molecule has 2 saturated heterocycles. The molecule has 0 unspecified atom stereocenters. The van der Waals surface area contributed by atoms with Crippen molar-refractivity contribution in [2.75, 3.05) is 39.3 Å². The lowest BCUT2D eigenvalue weighted by atomic mass is 10.0. The molecular formula is C18H31N5O2. The highest BCUT2D eigenvalue weighted by Gasteiger charge is 2.30. The van der Waals surface area contributed by atoms with Crippen LogP contribution in [0.15, 0.2) is 12.4 Å². The predicted octanol–water partition coefficient (Wildman–Crippen LogP) is 2.00. The number of hydrogen-bond donors (Lipinski definition) is 2. The zero-order valence-corrected chi connectivity index (χ0v) is 15.4. The number of imidazole rings is 1. The summed E-state index contributed by atoms with van der Waals surface area (Å²) in [5, 5.41) is 3.08. The number of rotatable bonds is 5. The van der Waals surface area contributed by atoms with Crippen LogP contribution in [0.25, 0.3) is 0 Å². The Morgan fingerprint density at radius 3 is 3.08 bits per heavy atom. The molecule has 1 aromatic heterocycles. The van der Waals surface area contributed by atoms with Gasteiger partial charge in [0.1, 0.15) is 5.82 Å².